The first-order chi connectivity index (χ1) is 10.1. The first-order valence-corrected chi connectivity index (χ1v) is 7.40. The van der Waals surface area contributed by atoms with Crippen LogP contribution in [0.3, 0.4) is 0 Å². The van der Waals surface area contributed by atoms with Crippen molar-refractivity contribution in [1.82, 2.24) is 0 Å². The molecule has 0 atom stereocenters. The van der Waals surface area contributed by atoms with E-state index in [1.165, 1.54) is 11.1 Å². The lowest BCUT2D eigenvalue weighted by atomic mass is 9.98. The highest BCUT2D eigenvalue weighted by molar-refractivity contribution is 6.34. The number of carbonyl (C=O) groups is 1. The van der Waals surface area contributed by atoms with Gasteiger partial charge in [0.15, 0.2) is 0 Å². The quantitative estimate of drug-likeness (QED) is 0.814. The van der Waals surface area contributed by atoms with E-state index in [2.05, 4.69) is 13.0 Å². The molecule has 1 amide bonds. The number of nitrogens with zero attached hydrogens (tertiary/aromatic N) is 1. The standard InChI is InChI=1S/C17H17ClN2O/c1-11-4-7-16-12(9-11)3-2-8-20(16)17(21)14-10-13(19)5-6-15(14)18/h4-7,9-10H,2-3,8,19H2,1H3. The number of fused-ring (bicyclic) bond motifs is 1. The second kappa shape index (κ2) is 5.41. The number of anilines is 2. The minimum absolute atomic E-state index is 0.0860. The summed E-state index contributed by atoms with van der Waals surface area (Å²) < 4.78 is 0. The molecule has 3 nitrogen and oxygen atoms in total. The molecular weight excluding hydrogens is 284 g/mol. The van der Waals surface area contributed by atoms with E-state index in [9.17, 15) is 4.79 Å². The van der Waals surface area contributed by atoms with Crippen molar-refractivity contribution in [2.45, 2.75) is 19.8 Å². The highest BCUT2D eigenvalue weighted by Gasteiger charge is 2.25. The van der Waals surface area contributed by atoms with Crippen molar-refractivity contribution in [3.8, 4) is 0 Å². The molecule has 2 N–H and O–H groups in total. The fourth-order valence-corrected chi connectivity index (χ4v) is 2.99. The van der Waals surface area contributed by atoms with E-state index in [1.54, 1.807) is 23.1 Å². The zero-order chi connectivity index (χ0) is 15.0. The van der Waals surface area contributed by atoms with Gasteiger partial charge in [-0.1, -0.05) is 29.3 Å². The Morgan fingerprint density at radius 2 is 2.05 bits per heavy atom. The Morgan fingerprint density at radius 3 is 2.86 bits per heavy atom. The lowest BCUT2D eigenvalue weighted by molar-refractivity contribution is 0.0985. The van der Waals surface area contributed by atoms with Gasteiger partial charge in [-0.05, 0) is 49.6 Å². The van der Waals surface area contributed by atoms with Crippen LogP contribution in [-0.2, 0) is 6.42 Å². The summed E-state index contributed by atoms with van der Waals surface area (Å²) in [6, 6.07) is 11.2. The summed E-state index contributed by atoms with van der Waals surface area (Å²) in [5.74, 6) is -0.0860. The van der Waals surface area contributed by atoms with Crippen molar-refractivity contribution in [1.29, 1.82) is 0 Å². The predicted molar refractivity (Wildman–Crippen MR) is 87.0 cm³/mol. The minimum Gasteiger partial charge on any atom is -0.399 e. The number of aryl methyl sites for hydroxylation is 2. The zero-order valence-corrected chi connectivity index (χ0v) is 12.7. The van der Waals surface area contributed by atoms with Gasteiger partial charge in [0.2, 0.25) is 0 Å². The topological polar surface area (TPSA) is 46.3 Å². The molecule has 0 aliphatic carbocycles. The summed E-state index contributed by atoms with van der Waals surface area (Å²) in [6.45, 7) is 2.77. The van der Waals surface area contributed by atoms with Gasteiger partial charge in [-0.25, -0.2) is 0 Å². The van der Waals surface area contributed by atoms with Gasteiger partial charge in [-0.15, -0.1) is 0 Å². The second-order valence-electron chi connectivity index (χ2n) is 5.43. The largest absolute Gasteiger partial charge is 0.399 e. The number of benzene rings is 2. The van der Waals surface area contributed by atoms with Crippen LogP contribution in [-0.4, -0.2) is 12.5 Å². The molecule has 0 aromatic heterocycles. The summed E-state index contributed by atoms with van der Waals surface area (Å²) in [6.07, 6.45) is 1.97. The molecule has 0 saturated heterocycles. The molecule has 2 aromatic rings. The Labute approximate surface area is 129 Å². The van der Waals surface area contributed by atoms with Crippen LogP contribution in [0.1, 0.15) is 27.9 Å². The van der Waals surface area contributed by atoms with Crippen molar-refractivity contribution in [2.24, 2.45) is 0 Å². The van der Waals surface area contributed by atoms with E-state index in [0.29, 0.717) is 22.8 Å². The van der Waals surface area contributed by atoms with E-state index in [-0.39, 0.29) is 5.91 Å². The highest BCUT2D eigenvalue weighted by atomic mass is 35.5. The lowest BCUT2D eigenvalue weighted by Crippen LogP contribution is -2.35. The van der Waals surface area contributed by atoms with Crippen LogP contribution >= 0.6 is 11.6 Å². The zero-order valence-electron chi connectivity index (χ0n) is 11.9. The molecule has 0 saturated carbocycles. The first-order valence-electron chi connectivity index (χ1n) is 7.02. The highest BCUT2D eigenvalue weighted by Crippen LogP contribution is 2.31. The maximum atomic E-state index is 12.8. The lowest BCUT2D eigenvalue weighted by Gasteiger charge is -2.30. The van der Waals surface area contributed by atoms with Gasteiger partial charge in [-0.3, -0.25) is 4.79 Å². The molecule has 0 spiro atoms. The first kappa shape index (κ1) is 14.0. The summed E-state index contributed by atoms with van der Waals surface area (Å²) >= 11 is 6.16. The number of nitrogen functional groups attached to an aromatic ring is 1. The molecule has 21 heavy (non-hydrogen) atoms. The number of rotatable bonds is 1. The van der Waals surface area contributed by atoms with Gasteiger partial charge in [0, 0.05) is 17.9 Å². The fourth-order valence-electron chi connectivity index (χ4n) is 2.79. The van der Waals surface area contributed by atoms with Crippen molar-refractivity contribution in [2.75, 3.05) is 17.2 Å². The van der Waals surface area contributed by atoms with Crippen LogP contribution in [0.15, 0.2) is 36.4 Å². The number of nitrogens with two attached hydrogens (primary N) is 1. The smallest absolute Gasteiger partial charge is 0.259 e. The van der Waals surface area contributed by atoms with Gasteiger partial charge < -0.3 is 10.6 Å². The average Bonchev–Trinajstić information content (AvgIpc) is 2.48. The summed E-state index contributed by atoms with van der Waals surface area (Å²) in [5, 5.41) is 0.438. The van der Waals surface area contributed by atoms with Crippen molar-refractivity contribution >= 4 is 28.9 Å². The predicted octanol–water partition coefficient (Wildman–Crippen LogP) is 3.82. The third kappa shape index (κ3) is 2.61. The second-order valence-corrected chi connectivity index (χ2v) is 5.84. The van der Waals surface area contributed by atoms with Gasteiger partial charge in [0.05, 0.1) is 10.6 Å². The van der Waals surface area contributed by atoms with E-state index < -0.39 is 0 Å². The Bertz CT molecular complexity index is 712. The van der Waals surface area contributed by atoms with Gasteiger partial charge in [0.25, 0.3) is 5.91 Å². The van der Waals surface area contributed by atoms with Crippen LogP contribution in [0.4, 0.5) is 11.4 Å². The molecular formula is C17H17ClN2O. The fraction of sp³-hybridized carbons (Fsp3) is 0.235. The molecule has 1 heterocycles. The van der Waals surface area contributed by atoms with Crippen LogP contribution in [0.25, 0.3) is 0 Å². The molecule has 108 valence electrons. The molecule has 0 unspecified atom stereocenters. The van der Waals surface area contributed by atoms with E-state index in [4.69, 9.17) is 17.3 Å². The SMILES string of the molecule is Cc1ccc2c(c1)CCCN2C(=O)c1cc(N)ccc1Cl. The summed E-state index contributed by atoms with van der Waals surface area (Å²) in [7, 11) is 0. The molecule has 1 aliphatic heterocycles. The number of amides is 1. The molecule has 0 bridgehead atoms. The van der Waals surface area contributed by atoms with E-state index >= 15 is 0 Å². The van der Waals surface area contributed by atoms with Crippen LogP contribution in [0.5, 0.6) is 0 Å². The van der Waals surface area contributed by atoms with Gasteiger partial charge in [-0.2, -0.15) is 0 Å². The Morgan fingerprint density at radius 1 is 1.24 bits per heavy atom. The summed E-state index contributed by atoms with van der Waals surface area (Å²) in [5.41, 5.74) is 10.2. The molecule has 0 fully saturated rings. The van der Waals surface area contributed by atoms with Crippen molar-refractivity contribution < 1.29 is 4.79 Å². The number of hydrogen-bond acceptors (Lipinski definition) is 2. The number of hydrogen-bond donors (Lipinski definition) is 1. The van der Waals surface area contributed by atoms with Crippen LogP contribution in [0, 0.1) is 6.92 Å². The van der Waals surface area contributed by atoms with Crippen LogP contribution < -0.4 is 10.6 Å². The third-order valence-electron chi connectivity index (χ3n) is 3.82. The Hall–Kier alpha value is -2.00. The number of halogens is 1. The Kier molecular flexibility index (Phi) is 3.60. The molecule has 4 heteroatoms. The van der Waals surface area contributed by atoms with E-state index in [0.717, 1.165) is 18.5 Å². The summed E-state index contributed by atoms with van der Waals surface area (Å²) in [4.78, 5) is 14.6. The van der Waals surface area contributed by atoms with Crippen molar-refractivity contribution in [3.63, 3.8) is 0 Å². The maximum Gasteiger partial charge on any atom is 0.259 e. The van der Waals surface area contributed by atoms with E-state index in [1.807, 2.05) is 12.1 Å². The monoisotopic (exact) mass is 300 g/mol. The molecule has 3 rings (SSSR count). The molecule has 2 aromatic carbocycles. The average molecular weight is 301 g/mol. The van der Waals surface area contributed by atoms with Crippen molar-refractivity contribution in [3.05, 3.63) is 58.1 Å². The Balaban J connectivity index is 2.02. The van der Waals surface area contributed by atoms with Crippen LogP contribution in [0.2, 0.25) is 5.02 Å². The normalized spacial score (nSPS) is 13.9. The van der Waals surface area contributed by atoms with Gasteiger partial charge in [0.1, 0.15) is 0 Å². The number of carbonyl (C=O) groups excluding carboxylic acids is 1. The van der Waals surface area contributed by atoms with Gasteiger partial charge >= 0.3 is 0 Å². The molecule has 0 radical (unpaired) electrons. The minimum atomic E-state index is -0.0860. The molecule has 1 aliphatic rings. The third-order valence-corrected chi connectivity index (χ3v) is 4.15. The maximum absolute atomic E-state index is 12.8.